The highest BCUT2D eigenvalue weighted by Crippen LogP contribution is 2.03. The van der Waals surface area contributed by atoms with Crippen LogP contribution in [0.3, 0.4) is 0 Å². The van der Waals surface area contributed by atoms with Gasteiger partial charge in [0.25, 0.3) is 5.56 Å². The normalized spacial score (nSPS) is 12.3. The van der Waals surface area contributed by atoms with Gasteiger partial charge >= 0.3 is 0 Å². The minimum absolute atomic E-state index is 0.128. The minimum atomic E-state index is -0.329. The molecule has 1 aromatic heterocycles. The molecule has 1 aromatic carbocycles. The first-order valence-corrected chi connectivity index (χ1v) is 6.22. The van der Waals surface area contributed by atoms with E-state index in [1.165, 1.54) is 0 Å². The van der Waals surface area contributed by atoms with Crippen molar-refractivity contribution < 1.29 is 9.53 Å². The molecule has 0 aliphatic carbocycles. The Bertz CT molecular complexity index is 668. The highest BCUT2D eigenvalue weighted by molar-refractivity contribution is 5.78. The number of ether oxygens (including phenoxy) is 1. The molecule has 0 saturated heterocycles. The zero-order valence-corrected chi connectivity index (χ0v) is 11.4. The Morgan fingerprint density at radius 1 is 1.45 bits per heavy atom. The van der Waals surface area contributed by atoms with Crippen molar-refractivity contribution in [2.24, 2.45) is 0 Å². The lowest BCUT2D eigenvalue weighted by Crippen LogP contribution is -2.40. The number of hydrogen-bond acceptors (Lipinski definition) is 5. The summed E-state index contributed by atoms with van der Waals surface area (Å²) in [5.41, 5.74) is 0.187. The van der Waals surface area contributed by atoms with Crippen molar-refractivity contribution in [2.75, 3.05) is 13.7 Å². The fourth-order valence-corrected chi connectivity index (χ4v) is 1.88. The van der Waals surface area contributed by atoms with Gasteiger partial charge in [0.05, 0.1) is 12.0 Å². The predicted octanol–water partition coefficient (Wildman–Crippen LogP) is -0.0574. The molecule has 0 spiro atoms. The molecule has 1 atom stereocenters. The average Bonchev–Trinajstić information content (AvgIpc) is 2.42. The van der Waals surface area contributed by atoms with Crippen LogP contribution in [0, 0.1) is 0 Å². The van der Waals surface area contributed by atoms with Crippen LogP contribution < -0.4 is 10.9 Å². The summed E-state index contributed by atoms with van der Waals surface area (Å²) >= 11 is 0. The van der Waals surface area contributed by atoms with Crippen LogP contribution in [0.1, 0.15) is 6.92 Å². The number of rotatable bonds is 5. The number of benzene rings is 1. The van der Waals surface area contributed by atoms with Gasteiger partial charge in [-0.05, 0) is 19.1 Å². The summed E-state index contributed by atoms with van der Waals surface area (Å²) < 4.78 is 5.98. The second kappa shape index (κ2) is 6.25. The van der Waals surface area contributed by atoms with E-state index in [0.29, 0.717) is 17.5 Å². The number of amides is 1. The van der Waals surface area contributed by atoms with Gasteiger partial charge in [0.1, 0.15) is 12.1 Å². The lowest BCUT2D eigenvalue weighted by molar-refractivity contribution is -0.122. The van der Waals surface area contributed by atoms with Crippen molar-refractivity contribution in [2.45, 2.75) is 19.5 Å². The largest absolute Gasteiger partial charge is 0.383 e. The van der Waals surface area contributed by atoms with Crippen LogP contribution in [-0.4, -0.2) is 40.7 Å². The Balaban J connectivity index is 2.16. The van der Waals surface area contributed by atoms with Crippen LogP contribution in [0.2, 0.25) is 0 Å². The van der Waals surface area contributed by atoms with E-state index in [9.17, 15) is 9.59 Å². The molecule has 1 amide bonds. The van der Waals surface area contributed by atoms with Gasteiger partial charge in [-0.1, -0.05) is 17.3 Å². The zero-order chi connectivity index (χ0) is 14.5. The van der Waals surface area contributed by atoms with Gasteiger partial charge in [-0.2, -0.15) is 0 Å². The molecule has 7 nitrogen and oxygen atoms in total. The maximum atomic E-state index is 12.1. The average molecular weight is 276 g/mol. The molecule has 1 unspecified atom stereocenters. The molecule has 0 saturated carbocycles. The summed E-state index contributed by atoms with van der Waals surface area (Å²) in [7, 11) is 1.56. The van der Waals surface area contributed by atoms with Gasteiger partial charge in [0, 0.05) is 13.2 Å². The summed E-state index contributed by atoms with van der Waals surface area (Å²) in [6.07, 6.45) is 0. The van der Waals surface area contributed by atoms with Gasteiger partial charge in [0.2, 0.25) is 5.91 Å². The van der Waals surface area contributed by atoms with E-state index in [0.717, 1.165) is 4.68 Å². The highest BCUT2D eigenvalue weighted by atomic mass is 16.5. The maximum absolute atomic E-state index is 12.1. The number of fused-ring (bicyclic) bond motifs is 1. The molecular weight excluding hydrogens is 260 g/mol. The molecule has 7 heteroatoms. The number of methoxy groups -OCH3 is 1. The van der Waals surface area contributed by atoms with Crippen LogP contribution >= 0.6 is 0 Å². The van der Waals surface area contributed by atoms with Crippen LogP contribution in [-0.2, 0) is 16.1 Å². The number of hydrogen-bond donors (Lipinski definition) is 1. The summed E-state index contributed by atoms with van der Waals surface area (Å²) in [6, 6.07) is 6.76. The van der Waals surface area contributed by atoms with Crippen molar-refractivity contribution in [3.63, 3.8) is 0 Å². The molecule has 0 aliphatic heterocycles. The van der Waals surface area contributed by atoms with Gasteiger partial charge in [-0.15, -0.1) is 5.10 Å². The standard InChI is InChI=1S/C13H16N4O3/c1-9(8-20-2)14-12(18)7-17-13(19)10-5-3-4-6-11(10)15-16-17/h3-6,9H,7-8H2,1-2H3,(H,14,18). The smallest absolute Gasteiger partial charge is 0.278 e. The first-order valence-electron chi connectivity index (χ1n) is 6.22. The maximum Gasteiger partial charge on any atom is 0.278 e. The molecule has 106 valence electrons. The van der Waals surface area contributed by atoms with Crippen molar-refractivity contribution in [3.8, 4) is 0 Å². The van der Waals surface area contributed by atoms with E-state index in [1.54, 1.807) is 31.4 Å². The molecule has 2 aromatic rings. The summed E-state index contributed by atoms with van der Waals surface area (Å²) in [5.74, 6) is -0.304. The predicted molar refractivity (Wildman–Crippen MR) is 73.3 cm³/mol. The monoisotopic (exact) mass is 276 g/mol. The summed E-state index contributed by atoms with van der Waals surface area (Å²) in [6.45, 7) is 2.06. The fraction of sp³-hybridized carbons (Fsp3) is 0.385. The quantitative estimate of drug-likeness (QED) is 0.827. The van der Waals surface area contributed by atoms with Crippen LogP contribution in [0.25, 0.3) is 10.9 Å². The Morgan fingerprint density at radius 2 is 2.20 bits per heavy atom. The second-order valence-electron chi connectivity index (χ2n) is 4.49. The van der Waals surface area contributed by atoms with E-state index >= 15 is 0 Å². The Kier molecular flexibility index (Phi) is 4.41. The number of nitrogens with one attached hydrogen (secondary N) is 1. The second-order valence-corrected chi connectivity index (χ2v) is 4.49. The van der Waals surface area contributed by atoms with Crippen LogP contribution in [0.5, 0.6) is 0 Å². The van der Waals surface area contributed by atoms with E-state index < -0.39 is 0 Å². The first kappa shape index (κ1) is 14.1. The lowest BCUT2D eigenvalue weighted by atomic mass is 10.2. The van der Waals surface area contributed by atoms with Crippen LogP contribution in [0.15, 0.2) is 29.1 Å². The van der Waals surface area contributed by atoms with Crippen molar-refractivity contribution in [1.82, 2.24) is 20.3 Å². The molecule has 0 aliphatic rings. The van der Waals surface area contributed by atoms with E-state index in [2.05, 4.69) is 15.6 Å². The number of carbonyl (C=O) groups is 1. The number of carbonyl (C=O) groups excluding carboxylic acids is 1. The van der Waals surface area contributed by atoms with Gasteiger partial charge in [-0.3, -0.25) is 9.59 Å². The molecule has 2 rings (SSSR count). The summed E-state index contributed by atoms with van der Waals surface area (Å²) in [4.78, 5) is 23.9. The Labute approximate surface area is 115 Å². The van der Waals surface area contributed by atoms with Gasteiger partial charge in [0.15, 0.2) is 0 Å². The third-order valence-corrected chi connectivity index (χ3v) is 2.75. The van der Waals surface area contributed by atoms with E-state index in [4.69, 9.17) is 4.74 Å². The van der Waals surface area contributed by atoms with E-state index in [-0.39, 0.29) is 24.1 Å². The molecule has 1 heterocycles. The fourth-order valence-electron chi connectivity index (χ4n) is 1.88. The topological polar surface area (TPSA) is 86.1 Å². The Morgan fingerprint density at radius 3 is 2.95 bits per heavy atom. The molecule has 20 heavy (non-hydrogen) atoms. The third-order valence-electron chi connectivity index (χ3n) is 2.75. The Hall–Kier alpha value is -2.28. The molecule has 0 fully saturated rings. The van der Waals surface area contributed by atoms with Gasteiger partial charge in [-0.25, -0.2) is 4.68 Å². The number of nitrogens with zero attached hydrogens (tertiary/aromatic N) is 3. The lowest BCUT2D eigenvalue weighted by Gasteiger charge is -2.12. The third kappa shape index (κ3) is 3.18. The van der Waals surface area contributed by atoms with Gasteiger partial charge < -0.3 is 10.1 Å². The zero-order valence-electron chi connectivity index (χ0n) is 11.4. The SMILES string of the molecule is COCC(C)NC(=O)Cn1nnc2ccccc2c1=O. The van der Waals surface area contributed by atoms with Crippen molar-refractivity contribution >= 4 is 16.8 Å². The molecule has 0 bridgehead atoms. The minimum Gasteiger partial charge on any atom is -0.383 e. The van der Waals surface area contributed by atoms with E-state index in [1.807, 2.05) is 6.92 Å². The van der Waals surface area contributed by atoms with Crippen molar-refractivity contribution in [3.05, 3.63) is 34.6 Å². The highest BCUT2D eigenvalue weighted by Gasteiger charge is 2.11. The number of aromatic nitrogens is 3. The first-order chi connectivity index (χ1) is 9.61. The molecular formula is C13H16N4O3. The molecule has 1 N–H and O–H groups in total. The summed E-state index contributed by atoms with van der Waals surface area (Å²) in [5, 5.41) is 10.8. The van der Waals surface area contributed by atoms with Crippen LogP contribution in [0.4, 0.5) is 0 Å². The van der Waals surface area contributed by atoms with Crippen molar-refractivity contribution in [1.29, 1.82) is 0 Å². The molecule has 0 radical (unpaired) electrons.